The zero-order valence-corrected chi connectivity index (χ0v) is 11.1. The zero-order valence-electron chi connectivity index (χ0n) is 10.3. The van der Waals surface area contributed by atoms with Crippen LogP contribution in [0.15, 0.2) is 42.5 Å². The van der Waals surface area contributed by atoms with Crippen molar-refractivity contribution >= 4 is 11.6 Å². The molecule has 0 saturated carbocycles. The molecule has 3 heteroatoms. The van der Waals surface area contributed by atoms with Gasteiger partial charge in [0.2, 0.25) is 0 Å². The Kier molecular flexibility index (Phi) is 3.29. The van der Waals surface area contributed by atoms with E-state index in [0.29, 0.717) is 17.0 Å². The third-order valence-electron chi connectivity index (χ3n) is 3.80. The van der Waals surface area contributed by atoms with Crippen molar-refractivity contribution in [1.29, 1.82) is 0 Å². The molecule has 0 amide bonds. The molecular formula is C16H14ClFO. The van der Waals surface area contributed by atoms with Crippen LogP contribution in [0.4, 0.5) is 4.39 Å². The first-order valence-electron chi connectivity index (χ1n) is 6.35. The molecular weight excluding hydrogens is 263 g/mol. The van der Waals surface area contributed by atoms with Gasteiger partial charge in [-0.05, 0) is 47.6 Å². The summed E-state index contributed by atoms with van der Waals surface area (Å²) in [4.78, 5) is 0. The zero-order chi connectivity index (χ0) is 13.4. The molecule has 1 nitrogen and oxygen atoms in total. The summed E-state index contributed by atoms with van der Waals surface area (Å²) in [5.41, 5.74) is 2.75. The van der Waals surface area contributed by atoms with Crippen molar-refractivity contribution in [3.63, 3.8) is 0 Å². The predicted octanol–water partition coefficient (Wildman–Crippen LogP) is 3.93. The second kappa shape index (κ2) is 4.95. The van der Waals surface area contributed by atoms with Gasteiger partial charge in [-0.1, -0.05) is 41.9 Å². The maximum atomic E-state index is 13.8. The number of aliphatic hydroxyl groups excluding tert-OH is 1. The molecule has 0 aromatic heterocycles. The molecule has 1 N–H and O–H groups in total. The van der Waals surface area contributed by atoms with Crippen LogP contribution in [-0.2, 0) is 12.8 Å². The number of hydrogen-bond donors (Lipinski definition) is 1. The summed E-state index contributed by atoms with van der Waals surface area (Å²) in [6, 6.07) is 12.6. The second-order valence-corrected chi connectivity index (χ2v) is 5.48. The average Bonchev–Trinajstić information content (AvgIpc) is 2.70. The van der Waals surface area contributed by atoms with Crippen LogP contribution < -0.4 is 0 Å². The number of fused-ring (bicyclic) bond motifs is 1. The van der Waals surface area contributed by atoms with Gasteiger partial charge >= 0.3 is 0 Å². The largest absolute Gasteiger partial charge is 0.388 e. The molecule has 3 rings (SSSR count). The van der Waals surface area contributed by atoms with E-state index in [4.69, 9.17) is 11.6 Å². The minimum Gasteiger partial charge on any atom is -0.388 e. The van der Waals surface area contributed by atoms with Crippen molar-refractivity contribution in [2.75, 3.05) is 0 Å². The molecule has 0 heterocycles. The van der Waals surface area contributed by atoms with Gasteiger partial charge in [0.05, 0.1) is 6.10 Å². The Bertz CT molecular complexity index is 611. The van der Waals surface area contributed by atoms with E-state index in [2.05, 4.69) is 0 Å². The summed E-state index contributed by atoms with van der Waals surface area (Å²) < 4.78 is 13.8. The summed E-state index contributed by atoms with van der Waals surface area (Å²) in [7, 11) is 0. The first kappa shape index (κ1) is 12.6. The van der Waals surface area contributed by atoms with Gasteiger partial charge in [0, 0.05) is 5.02 Å². The highest BCUT2D eigenvalue weighted by Gasteiger charge is 2.30. The third-order valence-corrected chi connectivity index (χ3v) is 4.03. The topological polar surface area (TPSA) is 20.2 Å². The molecule has 0 aliphatic heterocycles. The number of aliphatic hydroxyl groups is 1. The predicted molar refractivity (Wildman–Crippen MR) is 73.7 cm³/mol. The molecule has 0 bridgehead atoms. The van der Waals surface area contributed by atoms with E-state index in [-0.39, 0.29) is 11.7 Å². The molecule has 1 aliphatic carbocycles. The van der Waals surface area contributed by atoms with Gasteiger partial charge in [-0.2, -0.15) is 0 Å². The van der Waals surface area contributed by atoms with Crippen molar-refractivity contribution in [2.45, 2.75) is 18.9 Å². The molecule has 2 unspecified atom stereocenters. The second-order valence-electron chi connectivity index (χ2n) is 5.05. The molecule has 19 heavy (non-hydrogen) atoms. The standard InChI is InChI=1S/C16H14ClFO/c17-13-6-5-11(15(18)9-13)8-12-7-10-3-1-2-4-14(10)16(12)19/h1-6,9,12,16,19H,7-8H2. The van der Waals surface area contributed by atoms with Crippen molar-refractivity contribution in [1.82, 2.24) is 0 Å². The Hall–Kier alpha value is -1.38. The van der Waals surface area contributed by atoms with E-state index in [0.717, 1.165) is 17.5 Å². The highest BCUT2D eigenvalue weighted by atomic mass is 35.5. The number of rotatable bonds is 2. The van der Waals surface area contributed by atoms with Gasteiger partial charge in [-0.15, -0.1) is 0 Å². The quantitative estimate of drug-likeness (QED) is 0.881. The smallest absolute Gasteiger partial charge is 0.127 e. The molecule has 0 saturated heterocycles. The summed E-state index contributed by atoms with van der Waals surface area (Å²) in [5, 5.41) is 10.7. The summed E-state index contributed by atoms with van der Waals surface area (Å²) >= 11 is 5.75. The van der Waals surface area contributed by atoms with E-state index in [1.807, 2.05) is 24.3 Å². The Morgan fingerprint density at radius 2 is 2.00 bits per heavy atom. The van der Waals surface area contributed by atoms with Gasteiger partial charge in [-0.3, -0.25) is 0 Å². The Morgan fingerprint density at radius 1 is 1.21 bits per heavy atom. The highest BCUT2D eigenvalue weighted by Crippen LogP contribution is 2.38. The number of halogens is 2. The van der Waals surface area contributed by atoms with E-state index < -0.39 is 6.10 Å². The van der Waals surface area contributed by atoms with Crippen LogP contribution in [0.2, 0.25) is 5.02 Å². The molecule has 2 atom stereocenters. The summed E-state index contributed by atoms with van der Waals surface area (Å²) in [5.74, 6) is -0.260. The SMILES string of the molecule is OC1c2ccccc2CC1Cc1ccc(Cl)cc1F. The Morgan fingerprint density at radius 3 is 2.74 bits per heavy atom. The van der Waals surface area contributed by atoms with Crippen LogP contribution in [0.1, 0.15) is 22.8 Å². The van der Waals surface area contributed by atoms with Crippen LogP contribution in [0, 0.1) is 11.7 Å². The van der Waals surface area contributed by atoms with Crippen LogP contribution >= 0.6 is 11.6 Å². The fourth-order valence-electron chi connectivity index (χ4n) is 2.81. The minimum atomic E-state index is -0.508. The van der Waals surface area contributed by atoms with Gasteiger partial charge in [0.15, 0.2) is 0 Å². The van der Waals surface area contributed by atoms with Gasteiger partial charge in [-0.25, -0.2) is 4.39 Å². The maximum absolute atomic E-state index is 13.8. The van der Waals surface area contributed by atoms with Crippen LogP contribution in [0.25, 0.3) is 0 Å². The summed E-state index contributed by atoms with van der Waals surface area (Å²) in [6.07, 6.45) is 0.810. The van der Waals surface area contributed by atoms with Crippen molar-refractivity contribution in [3.8, 4) is 0 Å². The lowest BCUT2D eigenvalue weighted by Crippen LogP contribution is -2.11. The van der Waals surface area contributed by atoms with Crippen LogP contribution in [0.3, 0.4) is 0 Å². The fourth-order valence-corrected chi connectivity index (χ4v) is 2.97. The highest BCUT2D eigenvalue weighted by molar-refractivity contribution is 6.30. The molecule has 0 spiro atoms. The third kappa shape index (κ3) is 2.38. The van der Waals surface area contributed by atoms with Crippen LogP contribution in [0.5, 0.6) is 0 Å². The molecule has 0 radical (unpaired) electrons. The number of hydrogen-bond acceptors (Lipinski definition) is 1. The lowest BCUT2D eigenvalue weighted by Gasteiger charge is -2.15. The normalized spacial score (nSPS) is 21.4. The van der Waals surface area contributed by atoms with E-state index in [1.165, 1.54) is 6.07 Å². The first-order valence-corrected chi connectivity index (χ1v) is 6.73. The van der Waals surface area contributed by atoms with Gasteiger partial charge in [0.1, 0.15) is 5.82 Å². The van der Waals surface area contributed by atoms with Gasteiger partial charge in [0.25, 0.3) is 0 Å². The monoisotopic (exact) mass is 276 g/mol. The van der Waals surface area contributed by atoms with E-state index in [1.54, 1.807) is 12.1 Å². The molecule has 2 aromatic carbocycles. The van der Waals surface area contributed by atoms with Gasteiger partial charge < -0.3 is 5.11 Å². The van der Waals surface area contributed by atoms with Crippen molar-refractivity contribution in [3.05, 3.63) is 70.0 Å². The van der Waals surface area contributed by atoms with Crippen molar-refractivity contribution in [2.24, 2.45) is 5.92 Å². The molecule has 98 valence electrons. The Labute approximate surface area is 116 Å². The lowest BCUT2D eigenvalue weighted by atomic mass is 9.94. The molecule has 2 aromatic rings. The minimum absolute atomic E-state index is 0.0353. The maximum Gasteiger partial charge on any atom is 0.127 e. The first-order chi connectivity index (χ1) is 9.15. The lowest BCUT2D eigenvalue weighted by molar-refractivity contribution is 0.123. The van der Waals surface area contributed by atoms with E-state index >= 15 is 0 Å². The molecule has 1 aliphatic rings. The van der Waals surface area contributed by atoms with E-state index in [9.17, 15) is 9.50 Å². The summed E-state index contributed by atoms with van der Waals surface area (Å²) in [6.45, 7) is 0. The Balaban J connectivity index is 1.83. The number of benzene rings is 2. The van der Waals surface area contributed by atoms with Crippen molar-refractivity contribution < 1.29 is 9.50 Å². The average molecular weight is 277 g/mol. The van der Waals surface area contributed by atoms with Crippen LogP contribution in [-0.4, -0.2) is 5.11 Å². The fraction of sp³-hybridized carbons (Fsp3) is 0.250. The molecule has 0 fully saturated rings.